The van der Waals surface area contributed by atoms with Crippen LogP contribution >= 0.6 is 0 Å². The lowest BCUT2D eigenvalue weighted by Crippen LogP contribution is -2.39. The Bertz CT molecular complexity index is 240. The van der Waals surface area contributed by atoms with Crippen molar-refractivity contribution in [3.8, 4) is 0 Å². The zero-order chi connectivity index (χ0) is 11.5. The van der Waals surface area contributed by atoms with Gasteiger partial charge in [0.15, 0.2) is 0 Å². The summed E-state index contributed by atoms with van der Waals surface area (Å²) in [5, 5.41) is 0. The van der Waals surface area contributed by atoms with E-state index in [1.165, 1.54) is 0 Å². The molecular weight excluding hydrogens is 192 g/mol. The minimum absolute atomic E-state index is 0.148. The van der Waals surface area contributed by atoms with E-state index >= 15 is 0 Å². The summed E-state index contributed by atoms with van der Waals surface area (Å²) >= 11 is 0. The Morgan fingerprint density at radius 2 is 2.20 bits per heavy atom. The monoisotopic (exact) mass is 212 g/mol. The number of carbonyl (C=O) groups is 1. The van der Waals surface area contributed by atoms with Crippen LogP contribution in [0.5, 0.6) is 0 Å². The maximum Gasteiger partial charge on any atom is 0.311 e. The standard InChI is InChI=1S/C12H20O3/c1-5-9-10(7-6-8-14-9)15-11(13)12(2,3)4/h5,9-10H,1,6-8H2,2-4H3/t9-,10+/m1/s1. The van der Waals surface area contributed by atoms with E-state index in [9.17, 15) is 4.79 Å². The Balaban J connectivity index is 2.55. The molecule has 0 bridgehead atoms. The predicted molar refractivity (Wildman–Crippen MR) is 58.5 cm³/mol. The molecule has 0 aromatic heterocycles. The zero-order valence-corrected chi connectivity index (χ0v) is 9.79. The van der Waals surface area contributed by atoms with Crippen LogP contribution in [-0.2, 0) is 14.3 Å². The molecule has 0 spiro atoms. The van der Waals surface area contributed by atoms with Gasteiger partial charge in [-0.15, -0.1) is 6.58 Å². The van der Waals surface area contributed by atoms with Gasteiger partial charge in [0.25, 0.3) is 0 Å². The number of carbonyl (C=O) groups excluding carboxylic acids is 1. The molecule has 0 saturated carbocycles. The second-order valence-corrected chi connectivity index (χ2v) is 4.91. The maximum absolute atomic E-state index is 11.7. The minimum atomic E-state index is -0.455. The highest BCUT2D eigenvalue weighted by molar-refractivity contribution is 5.75. The predicted octanol–water partition coefficient (Wildman–Crippen LogP) is 2.31. The van der Waals surface area contributed by atoms with Crippen LogP contribution < -0.4 is 0 Å². The van der Waals surface area contributed by atoms with Gasteiger partial charge in [-0.05, 0) is 33.6 Å². The Morgan fingerprint density at radius 1 is 1.53 bits per heavy atom. The molecule has 3 heteroatoms. The normalized spacial score (nSPS) is 27.1. The van der Waals surface area contributed by atoms with Crippen LogP contribution in [0.2, 0.25) is 0 Å². The van der Waals surface area contributed by atoms with Gasteiger partial charge in [0.1, 0.15) is 12.2 Å². The highest BCUT2D eigenvalue weighted by Crippen LogP contribution is 2.23. The van der Waals surface area contributed by atoms with Gasteiger partial charge in [0.05, 0.1) is 5.41 Å². The fourth-order valence-corrected chi connectivity index (χ4v) is 1.44. The van der Waals surface area contributed by atoms with E-state index in [0.29, 0.717) is 0 Å². The van der Waals surface area contributed by atoms with E-state index in [4.69, 9.17) is 9.47 Å². The van der Waals surface area contributed by atoms with Gasteiger partial charge < -0.3 is 9.47 Å². The lowest BCUT2D eigenvalue weighted by atomic mass is 9.96. The quantitative estimate of drug-likeness (QED) is 0.520. The van der Waals surface area contributed by atoms with Gasteiger partial charge in [-0.3, -0.25) is 4.79 Å². The van der Waals surface area contributed by atoms with Gasteiger partial charge in [-0.25, -0.2) is 0 Å². The molecule has 1 aliphatic rings. The third-order valence-electron chi connectivity index (χ3n) is 2.41. The second kappa shape index (κ2) is 4.79. The highest BCUT2D eigenvalue weighted by Gasteiger charge is 2.31. The third-order valence-corrected chi connectivity index (χ3v) is 2.41. The van der Waals surface area contributed by atoms with Crippen molar-refractivity contribution >= 4 is 5.97 Å². The van der Waals surface area contributed by atoms with E-state index < -0.39 is 5.41 Å². The van der Waals surface area contributed by atoms with E-state index in [1.54, 1.807) is 6.08 Å². The van der Waals surface area contributed by atoms with Crippen molar-refractivity contribution in [2.75, 3.05) is 6.61 Å². The summed E-state index contributed by atoms with van der Waals surface area (Å²) in [6.07, 6.45) is 3.19. The van der Waals surface area contributed by atoms with Gasteiger partial charge in [0, 0.05) is 6.61 Å². The van der Waals surface area contributed by atoms with Crippen LogP contribution in [0.15, 0.2) is 12.7 Å². The van der Waals surface area contributed by atoms with Crippen molar-refractivity contribution in [3.05, 3.63) is 12.7 Å². The summed E-state index contributed by atoms with van der Waals surface area (Å²) in [5.41, 5.74) is -0.455. The average Bonchev–Trinajstić information content (AvgIpc) is 2.17. The van der Waals surface area contributed by atoms with Crippen LogP contribution in [0.3, 0.4) is 0 Å². The largest absolute Gasteiger partial charge is 0.459 e. The van der Waals surface area contributed by atoms with Gasteiger partial charge in [-0.1, -0.05) is 6.08 Å². The smallest absolute Gasteiger partial charge is 0.311 e. The molecule has 1 aliphatic heterocycles. The Morgan fingerprint density at radius 3 is 2.73 bits per heavy atom. The molecule has 1 saturated heterocycles. The molecular formula is C12H20O3. The molecule has 2 atom stereocenters. The molecule has 15 heavy (non-hydrogen) atoms. The molecule has 0 aromatic carbocycles. The summed E-state index contributed by atoms with van der Waals surface area (Å²) in [6, 6.07) is 0. The topological polar surface area (TPSA) is 35.5 Å². The van der Waals surface area contributed by atoms with Gasteiger partial charge in [-0.2, -0.15) is 0 Å². The van der Waals surface area contributed by atoms with Crippen molar-refractivity contribution in [1.82, 2.24) is 0 Å². The van der Waals surface area contributed by atoms with Crippen LogP contribution in [-0.4, -0.2) is 24.8 Å². The van der Waals surface area contributed by atoms with E-state index in [2.05, 4.69) is 6.58 Å². The third kappa shape index (κ3) is 3.34. The van der Waals surface area contributed by atoms with Gasteiger partial charge >= 0.3 is 5.97 Å². The molecule has 0 unspecified atom stereocenters. The molecule has 0 aliphatic carbocycles. The molecule has 0 aromatic rings. The Labute approximate surface area is 91.4 Å². The summed E-state index contributed by atoms with van der Waals surface area (Å²) < 4.78 is 10.9. The summed E-state index contributed by atoms with van der Waals surface area (Å²) in [7, 11) is 0. The maximum atomic E-state index is 11.7. The number of rotatable bonds is 2. The van der Waals surface area contributed by atoms with Crippen molar-refractivity contribution in [2.24, 2.45) is 5.41 Å². The number of hydrogen-bond donors (Lipinski definition) is 0. The van der Waals surface area contributed by atoms with E-state index in [0.717, 1.165) is 19.4 Å². The first-order valence-electron chi connectivity index (χ1n) is 5.40. The van der Waals surface area contributed by atoms with Gasteiger partial charge in [0.2, 0.25) is 0 Å². The summed E-state index contributed by atoms with van der Waals surface area (Å²) in [4.78, 5) is 11.7. The van der Waals surface area contributed by atoms with E-state index in [1.807, 2.05) is 20.8 Å². The molecule has 0 radical (unpaired) electrons. The van der Waals surface area contributed by atoms with Crippen molar-refractivity contribution in [3.63, 3.8) is 0 Å². The van der Waals surface area contributed by atoms with Crippen molar-refractivity contribution in [2.45, 2.75) is 45.8 Å². The lowest BCUT2D eigenvalue weighted by Gasteiger charge is -2.31. The van der Waals surface area contributed by atoms with E-state index in [-0.39, 0.29) is 18.2 Å². The SMILES string of the molecule is C=C[C@H]1OCCC[C@@H]1OC(=O)C(C)(C)C. The van der Waals surface area contributed by atoms with Crippen LogP contribution in [0.1, 0.15) is 33.6 Å². The molecule has 1 rings (SSSR count). The first-order chi connectivity index (χ1) is 6.95. The highest BCUT2D eigenvalue weighted by atomic mass is 16.6. The number of esters is 1. The molecule has 86 valence electrons. The Hall–Kier alpha value is -0.830. The Kier molecular flexibility index (Phi) is 3.91. The van der Waals surface area contributed by atoms with Crippen LogP contribution in [0.4, 0.5) is 0 Å². The minimum Gasteiger partial charge on any atom is -0.459 e. The second-order valence-electron chi connectivity index (χ2n) is 4.91. The summed E-state index contributed by atoms with van der Waals surface area (Å²) in [5.74, 6) is -0.176. The number of ether oxygens (including phenoxy) is 2. The first kappa shape index (κ1) is 12.2. The first-order valence-corrected chi connectivity index (χ1v) is 5.40. The molecule has 0 N–H and O–H groups in total. The fourth-order valence-electron chi connectivity index (χ4n) is 1.44. The average molecular weight is 212 g/mol. The van der Waals surface area contributed by atoms with Crippen LogP contribution in [0, 0.1) is 5.41 Å². The van der Waals surface area contributed by atoms with Crippen molar-refractivity contribution < 1.29 is 14.3 Å². The molecule has 3 nitrogen and oxygen atoms in total. The molecule has 0 amide bonds. The zero-order valence-electron chi connectivity index (χ0n) is 9.79. The summed E-state index contributed by atoms with van der Waals surface area (Å²) in [6.45, 7) is 9.96. The van der Waals surface area contributed by atoms with Crippen LogP contribution in [0.25, 0.3) is 0 Å². The fraction of sp³-hybridized carbons (Fsp3) is 0.750. The van der Waals surface area contributed by atoms with Crippen molar-refractivity contribution in [1.29, 1.82) is 0 Å². The number of hydrogen-bond acceptors (Lipinski definition) is 3. The molecule has 1 heterocycles. The molecule has 1 fully saturated rings. The lowest BCUT2D eigenvalue weighted by molar-refractivity contribution is -0.169.